The molecule has 3 aromatic heterocycles. The van der Waals surface area contributed by atoms with Gasteiger partial charge in [0.2, 0.25) is 11.8 Å². The van der Waals surface area contributed by atoms with Crippen LogP contribution in [0.25, 0.3) is 0 Å². The molecule has 0 saturated carbocycles. The molecule has 0 fully saturated rings. The highest BCUT2D eigenvalue weighted by molar-refractivity contribution is 5.76. The van der Waals surface area contributed by atoms with Gasteiger partial charge < -0.3 is 18.3 Å². The summed E-state index contributed by atoms with van der Waals surface area (Å²) in [6, 6.07) is 7.34. The Balaban J connectivity index is 1.56. The maximum absolute atomic E-state index is 12.7. The number of hydrogen-bond acceptors (Lipinski definition) is 6. The van der Waals surface area contributed by atoms with Gasteiger partial charge in [0.25, 0.3) is 0 Å². The minimum absolute atomic E-state index is 0.0263. The van der Waals surface area contributed by atoms with Gasteiger partial charge in [-0.25, -0.2) is 0 Å². The lowest BCUT2D eigenvalue weighted by Gasteiger charge is -2.20. The van der Waals surface area contributed by atoms with E-state index in [0.717, 1.165) is 11.5 Å². The van der Waals surface area contributed by atoms with E-state index in [1.165, 1.54) is 0 Å². The third-order valence-corrected chi connectivity index (χ3v) is 4.13. The van der Waals surface area contributed by atoms with E-state index < -0.39 is 0 Å². The topological polar surface area (TPSA) is 85.5 Å². The van der Waals surface area contributed by atoms with Crippen molar-refractivity contribution < 1.29 is 18.2 Å². The first kappa shape index (κ1) is 18.9. The fourth-order valence-corrected chi connectivity index (χ4v) is 2.62. The predicted molar refractivity (Wildman–Crippen MR) is 97.6 cm³/mol. The van der Waals surface area contributed by atoms with E-state index in [1.54, 1.807) is 17.4 Å². The standard InChI is InChI=1S/C20H25N3O4/c1-20(2,3)19-21-17(27-22-19)9-4-10-18(24)23(13-15-7-5-11-25-15)14-16-8-6-12-26-16/h5-8,11-12H,4,9-10,13-14H2,1-3H3. The molecule has 0 aromatic carbocycles. The molecule has 0 spiro atoms. The largest absolute Gasteiger partial charge is 0.467 e. The lowest BCUT2D eigenvalue weighted by Crippen LogP contribution is -2.29. The minimum atomic E-state index is -0.152. The van der Waals surface area contributed by atoms with Crippen LogP contribution in [0.4, 0.5) is 0 Å². The van der Waals surface area contributed by atoms with E-state index in [-0.39, 0.29) is 11.3 Å². The van der Waals surface area contributed by atoms with Gasteiger partial charge in [0.05, 0.1) is 25.6 Å². The summed E-state index contributed by atoms with van der Waals surface area (Å²) in [6.45, 7) is 6.91. The van der Waals surface area contributed by atoms with E-state index in [0.29, 0.717) is 44.1 Å². The van der Waals surface area contributed by atoms with Crippen molar-refractivity contribution in [3.05, 3.63) is 60.0 Å². The van der Waals surface area contributed by atoms with Crippen LogP contribution in [0.5, 0.6) is 0 Å². The smallest absolute Gasteiger partial charge is 0.226 e. The molecular formula is C20H25N3O4. The Hall–Kier alpha value is -2.83. The summed E-state index contributed by atoms with van der Waals surface area (Å²) < 4.78 is 16.1. The first-order chi connectivity index (χ1) is 12.9. The molecular weight excluding hydrogens is 346 g/mol. The second-order valence-corrected chi connectivity index (χ2v) is 7.52. The lowest BCUT2D eigenvalue weighted by molar-refractivity contribution is -0.133. The van der Waals surface area contributed by atoms with Crippen molar-refractivity contribution in [2.45, 2.75) is 58.5 Å². The molecule has 0 N–H and O–H groups in total. The normalized spacial score (nSPS) is 11.7. The Kier molecular flexibility index (Phi) is 5.78. The molecule has 0 bridgehead atoms. The number of hydrogen-bond donors (Lipinski definition) is 0. The summed E-state index contributed by atoms with van der Waals surface area (Å²) in [5.41, 5.74) is -0.152. The first-order valence-corrected chi connectivity index (χ1v) is 9.07. The van der Waals surface area contributed by atoms with Crippen LogP contribution in [-0.2, 0) is 29.7 Å². The Morgan fingerprint density at radius 2 is 1.70 bits per heavy atom. The van der Waals surface area contributed by atoms with E-state index in [4.69, 9.17) is 13.4 Å². The van der Waals surface area contributed by atoms with Crippen molar-refractivity contribution in [2.24, 2.45) is 0 Å². The van der Waals surface area contributed by atoms with Crippen molar-refractivity contribution in [2.75, 3.05) is 0 Å². The number of aryl methyl sites for hydroxylation is 1. The van der Waals surface area contributed by atoms with Crippen molar-refractivity contribution in [1.29, 1.82) is 0 Å². The number of carbonyl (C=O) groups excluding carboxylic acids is 1. The maximum Gasteiger partial charge on any atom is 0.226 e. The monoisotopic (exact) mass is 371 g/mol. The number of amides is 1. The van der Waals surface area contributed by atoms with Gasteiger partial charge in [-0.1, -0.05) is 25.9 Å². The van der Waals surface area contributed by atoms with Gasteiger partial charge in [-0.2, -0.15) is 4.98 Å². The summed E-state index contributed by atoms with van der Waals surface area (Å²) in [5.74, 6) is 2.75. The summed E-state index contributed by atoms with van der Waals surface area (Å²) in [4.78, 5) is 18.9. The van der Waals surface area contributed by atoms with Crippen LogP contribution in [0.3, 0.4) is 0 Å². The molecule has 0 unspecified atom stereocenters. The zero-order valence-electron chi connectivity index (χ0n) is 16.0. The fourth-order valence-electron chi connectivity index (χ4n) is 2.62. The minimum Gasteiger partial charge on any atom is -0.467 e. The molecule has 0 aliphatic carbocycles. The average molecular weight is 371 g/mol. The molecule has 0 aliphatic rings. The third-order valence-electron chi connectivity index (χ3n) is 4.13. The number of rotatable bonds is 8. The van der Waals surface area contributed by atoms with Gasteiger partial charge in [0, 0.05) is 18.3 Å². The molecule has 0 saturated heterocycles. The Labute approximate surface area is 158 Å². The number of carbonyl (C=O) groups is 1. The molecule has 7 nitrogen and oxygen atoms in total. The molecule has 27 heavy (non-hydrogen) atoms. The Morgan fingerprint density at radius 3 is 2.19 bits per heavy atom. The van der Waals surface area contributed by atoms with Crippen molar-refractivity contribution in [3.63, 3.8) is 0 Å². The highest BCUT2D eigenvalue weighted by Gasteiger charge is 2.21. The quantitative estimate of drug-likeness (QED) is 0.592. The van der Waals surface area contributed by atoms with Crippen molar-refractivity contribution in [1.82, 2.24) is 15.0 Å². The Bertz CT molecular complexity index is 793. The second kappa shape index (κ2) is 8.24. The molecule has 3 aromatic rings. The molecule has 3 heterocycles. The van der Waals surface area contributed by atoms with Crippen LogP contribution >= 0.6 is 0 Å². The highest BCUT2D eigenvalue weighted by Crippen LogP contribution is 2.19. The third kappa shape index (κ3) is 5.32. The van der Waals surface area contributed by atoms with Crippen molar-refractivity contribution >= 4 is 5.91 Å². The highest BCUT2D eigenvalue weighted by atomic mass is 16.5. The number of aromatic nitrogens is 2. The molecule has 0 aliphatic heterocycles. The van der Waals surface area contributed by atoms with Gasteiger partial charge in [-0.05, 0) is 30.7 Å². The molecule has 7 heteroatoms. The summed E-state index contributed by atoms with van der Waals surface area (Å²) >= 11 is 0. The van der Waals surface area contributed by atoms with E-state index in [2.05, 4.69) is 10.1 Å². The molecule has 144 valence electrons. The van der Waals surface area contributed by atoms with E-state index in [1.807, 2.05) is 45.0 Å². The average Bonchev–Trinajstić information content (AvgIpc) is 3.36. The summed E-state index contributed by atoms with van der Waals surface area (Å²) in [6.07, 6.45) is 4.80. The van der Waals surface area contributed by atoms with E-state index in [9.17, 15) is 4.79 Å². The predicted octanol–water partition coefficient (Wildman–Crippen LogP) is 4.10. The van der Waals surface area contributed by atoms with Gasteiger partial charge in [0.1, 0.15) is 11.5 Å². The SMILES string of the molecule is CC(C)(C)c1noc(CCCC(=O)N(Cc2ccco2)Cc2ccco2)n1. The molecule has 1 amide bonds. The van der Waals surface area contributed by atoms with Crippen LogP contribution < -0.4 is 0 Å². The van der Waals surface area contributed by atoms with Gasteiger partial charge in [-0.3, -0.25) is 4.79 Å². The molecule has 0 atom stereocenters. The zero-order valence-corrected chi connectivity index (χ0v) is 16.0. The lowest BCUT2D eigenvalue weighted by atomic mass is 9.96. The van der Waals surface area contributed by atoms with Gasteiger partial charge in [-0.15, -0.1) is 0 Å². The van der Waals surface area contributed by atoms with Crippen molar-refractivity contribution in [3.8, 4) is 0 Å². The fraction of sp³-hybridized carbons (Fsp3) is 0.450. The first-order valence-electron chi connectivity index (χ1n) is 9.07. The number of furan rings is 2. The second-order valence-electron chi connectivity index (χ2n) is 7.52. The Morgan fingerprint density at radius 1 is 1.07 bits per heavy atom. The van der Waals surface area contributed by atoms with Gasteiger partial charge in [0.15, 0.2) is 5.82 Å². The maximum atomic E-state index is 12.7. The molecule has 3 rings (SSSR count). The van der Waals surface area contributed by atoms with Crippen LogP contribution in [0, 0.1) is 0 Å². The van der Waals surface area contributed by atoms with Crippen LogP contribution in [0.1, 0.15) is 56.8 Å². The van der Waals surface area contributed by atoms with Crippen LogP contribution in [-0.4, -0.2) is 20.9 Å². The van der Waals surface area contributed by atoms with Gasteiger partial charge >= 0.3 is 0 Å². The van der Waals surface area contributed by atoms with Crippen LogP contribution in [0.15, 0.2) is 50.1 Å². The summed E-state index contributed by atoms with van der Waals surface area (Å²) in [7, 11) is 0. The summed E-state index contributed by atoms with van der Waals surface area (Å²) in [5, 5.41) is 4.01. The van der Waals surface area contributed by atoms with Crippen LogP contribution in [0.2, 0.25) is 0 Å². The zero-order chi connectivity index (χ0) is 19.3. The van der Waals surface area contributed by atoms with E-state index >= 15 is 0 Å². The molecule has 0 radical (unpaired) electrons. The number of nitrogens with zero attached hydrogens (tertiary/aromatic N) is 3.